The average Bonchev–Trinajstić information content (AvgIpc) is 2.01. The van der Waals surface area contributed by atoms with Gasteiger partial charge in [0.2, 0.25) is 0 Å². The molecule has 0 rings (SSSR count). The Morgan fingerprint density at radius 1 is 1.18 bits per heavy atom. The van der Waals surface area contributed by atoms with Crippen LogP contribution in [0.1, 0.15) is 52.9 Å². The molecule has 0 amide bonds. The number of hydrogen-bond acceptors (Lipinski definition) is 0. The van der Waals surface area contributed by atoms with E-state index in [0.29, 0.717) is 0 Å². The zero-order valence-corrected chi connectivity index (χ0v) is 8.40. The van der Waals surface area contributed by atoms with E-state index in [4.69, 9.17) is 0 Å². The molecule has 0 saturated heterocycles. The van der Waals surface area contributed by atoms with Gasteiger partial charge in [0.15, 0.2) is 0 Å². The van der Waals surface area contributed by atoms with Gasteiger partial charge in [-0.15, -0.1) is 0 Å². The van der Waals surface area contributed by atoms with Gasteiger partial charge in [-0.1, -0.05) is 53.4 Å². The predicted molar refractivity (Wildman–Crippen MR) is 52.4 cm³/mol. The van der Waals surface area contributed by atoms with Gasteiger partial charge in [0.1, 0.15) is 0 Å². The summed E-state index contributed by atoms with van der Waals surface area (Å²) in [7, 11) is 0. The van der Waals surface area contributed by atoms with Crippen LogP contribution >= 0.6 is 0 Å². The molecular formula is C11H23. The number of rotatable bonds is 6. The summed E-state index contributed by atoms with van der Waals surface area (Å²) >= 11 is 0. The molecule has 0 heterocycles. The minimum atomic E-state index is 0.886. The molecule has 0 aliphatic rings. The SMILES string of the molecule is [CH2]CCC(C)CC(CC)CC. The van der Waals surface area contributed by atoms with Crippen LogP contribution in [0.4, 0.5) is 0 Å². The van der Waals surface area contributed by atoms with E-state index in [0.717, 1.165) is 18.3 Å². The van der Waals surface area contributed by atoms with Crippen molar-refractivity contribution in [2.24, 2.45) is 11.8 Å². The second-order valence-corrected chi connectivity index (χ2v) is 3.67. The smallest absolute Gasteiger partial charge is 0.0417 e. The second-order valence-electron chi connectivity index (χ2n) is 3.67. The summed E-state index contributed by atoms with van der Waals surface area (Å²) in [6, 6.07) is 0. The lowest BCUT2D eigenvalue weighted by atomic mass is 9.89. The minimum Gasteiger partial charge on any atom is -0.0651 e. The molecule has 0 aliphatic carbocycles. The van der Waals surface area contributed by atoms with Gasteiger partial charge < -0.3 is 0 Å². The maximum Gasteiger partial charge on any atom is -0.0417 e. The van der Waals surface area contributed by atoms with Crippen LogP contribution in [-0.4, -0.2) is 0 Å². The largest absolute Gasteiger partial charge is 0.0651 e. The molecule has 0 fully saturated rings. The van der Waals surface area contributed by atoms with Crippen molar-refractivity contribution in [3.05, 3.63) is 6.92 Å². The van der Waals surface area contributed by atoms with Crippen LogP contribution in [0.15, 0.2) is 0 Å². The van der Waals surface area contributed by atoms with E-state index in [-0.39, 0.29) is 0 Å². The third kappa shape index (κ3) is 5.29. The highest BCUT2D eigenvalue weighted by Crippen LogP contribution is 2.21. The first kappa shape index (κ1) is 11.0. The third-order valence-corrected chi connectivity index (χ3v) is 2.59. The maximum absolute atomic E-state index is 3.88. The molecule has 0 aromatic carbocycles. The first-order valence-corrected chi connectivity index (χ1v) is 5.03. The lowest BCUT2D eigenvalue weighted by Gasteiger charge is -2.17. The van der Waals surface area contributed by atoms with Crippen molar-refractivity contribution in [3.8, 4) is 0 Å². The van der Waals surface area contributed by atoms with Crippen molar-refractivity contribution in [2.75, 3.05) is 0 Å². The van der Waals surface area contributed by atoms with Gasteiger partial charge >= 0.3 is 0 Å². The van der Waals surface area contributed by atoms with Gasteiger partial charge in [-0.2, -0.15) is 0 Å². The van der Waals surface area contributed by atoms with E-state index < -0.39 is 0 Å². The molecule has 0 spiro atoms. The Bertz CT molecular complexity index is 72.1. The van der Waals surface area contributed by atoms with E-state index in [9.17, 15) is 0 Å². The summed E-state index contributed by atoms with van der Waals surface area (Å²) in [5.41, 5.74) is 0. The van der Waals surface area contributed by atoms with E-state index >= 15 is 0 Å². The van der Waals surface area contributed by atoms with Crippen LogP contribution in [-0.2, 0) is 0 Å². The molecule has 0 saturated carbocycles. The van der Waals surface area contributed by atoms with E-state index in [2.05, 4.69) is 27.7 Å². The Labute approximate surface area is 72.4 Å². The summed E-state index contributed by atoms with van der Waals surface area (Å²) < 4.78 is 0. The Morgan fingerprint density at radius 2 is 1.73 bits per heavy atom. The van der Waals surface area contributed by atoms with E-state index in [1.807, 2.05) is 0 Å². The topological polar surface area (TPSA) is 0 Å². The first-order valence-electron chi connectivity index (χ1n) is 5.03. The molecule has 0 heteroatoms. The highest BCUT2D eigenvalue weighted by Gasteiger charge is 2.08. The van der Waals surface area contributed by atoms with Crippen molar-refractivity contribution < 1.29 is 0 Å². The van der Waals surface area contributed by atoms with Gasteiger partial charge in [0.05, 0.1) is 0 Å². The van der Waals surface area contributed by atoms with Gasteiger partial charge in [-0.3, -0.25) is 0 Å². The Kier molecular flexibility index (Phi) is 6.69. The standard InChI is InChI=1S/C11H23/c1-5-8-10(4)9-11(6-2)7-3/h10-11H,1,5-9H2,2-4H3. The molecule has 0 bridgehead atoms. The predicted octanol–water partition coefficient (Wildman–Crippen LogP) is 4.06. The number of hydrogen-bond donors (Lipinski definition) is 0. The van der Waals surface area contributed by atoms with Gasteiger partial charge in [0, 0.05) is 0 Å². The molecule has 11 heavy (non-hydrogen) atoms. The Hall–Kier alpha value is 0. The van der Waals surface area contributed by atoms with Crippen molar-refractivity contribution in [2.45, 2.75) is 52.9 Å². The molecule has 0 aliphatic heterocycles. The van der Waals surface area contributed by atoms with E-state index in [1.165, 1.54) is 25.7 Å². The molecular weight excluding hydrogens is 132 g/mol. The lowest BCUT2D eigenvalue weighted by Crippen LogP contribution is -2.04. The summed E-state index contributed by atoms with van der Waals surface area (Å²) in [5.74, 6) is 1.84. The van der Waals surface area contributed by atoms with Gasteiger partial charge in [-0.05, 0) is 18.3 Å². The zero-order chi connectivity index (χ0) is 8.69. The molecule has 0 aromatic heterocycles. The van der Waals surface area contributed by atoms with Crippen LogP contribution in [0.3, 0.4) is 0 Å². The average molecular weight is 155 g/mol. The van der Waals surface area contributed by atoms with Gasteiger partial charge in [-0.25, -0.2) is 0 Å². The third-order valence-electron chi connectivity index (χ3n) is 2.59. The van der Waals surface area contributed by atoms with E-state index in [1.54, 1.807) is 0 Å². The fraction of sp³-hybridized carbons (Fsp3) is 0.909. The first-order chi connectivity index (χ1) is 5.24. The lowest BCUT2D eigenvalue weighted by molar-refractivity contribution is 0.358. The highest BCUT2D eigenvalue weighted by atomic mass is 14.1. The van der Waals surface area contributed by atoms with Crippen molar-refractivity contribution in [3.63, 3.8) is 0 Å². The minimum absolute atomic E-state index is 0.886. The Morgan fingerprint density at radius 3 is 2.09 bits per heavy atom. The normalized spacial score (nSPS) is 13.9. The van der Waals surface area contributed by atoms with Crippen LogP contribution in [0.2, 0.25) is 0 Å². The second kappa shape index (κ2) is 6.69. The zero-order valence-electron chi connectivity index (χ0n) is 8.40. The van der Waals surface area contributed by atoms with Gasteiger partial charge in [0.25, 0.3) is 0 Å². The fourth-order valence-electron chi connectivity index (χ4n) is 1.66. The molecule has 1 unspecified atom stereocenters. The summed E-state index contributed by atoms with van der Waals surface area (Å²) in [6.07, 6.45) is 6.50. The van der Waals surface area contributed by atoms with Crippen molar-refractivity contribution in [1.82, 2.24) is 0 Å². The fourth-order valence-corrected chi connectivity index (χ4v) is 1.66. The van der Waals surface area contributed by atoms with Crippen molar-refractivity contribution >= 4 is 0 Å². The van der Waals surface area contributed by atoms with Crippen molar-refractivity contribution in [1.29, 1.82) is 0 Å². The van der Waals surface area contributed by atoms with Crippen LogP contribution < -0.4 is 0 Å². The maximum atomic E-state index is 3.88. The summed E-state index contributed by atoms with van der Waals surface area (Å²) in [6.45, 7) is 10.8. The highest BCUT2D eigenvalue weighted by molar-refractivity contribution is 4.61. The Balaban J connectivity index is 3.44. The molecule has 0 aromatic rings. The summed E-state index contributed by atoms with van der Waals surface area (Å²) in [5, 5.41) is 0. The molecule has 1 atom stereocenters. The van der Waals surface area contributed by atoms with Crippen LogP contribution in [0.5, 0.6) is 0 Å². The molecule has 0 nitrogen and oxygen atoms in total. The van der Waals surface area contributed by atoms with Crippen LogP contribution in [0, 0.1) is 18.8 Å². The molecule has 67 valence electrons. The summed E-state index contributed by atoms with van der Waals surface area (Å²) in [4.78, 5) is 0. The van der Waals surface area contributed by atoms with Crippen LogP contribution in [0.25, 0.3) is 0 Å². The molecule has 1 radical (unpaired) electrons. The molecule has 0 N–H and O–H groups in total. The quantitative estimate of drug-likeness (QED) is 0.542. The monoisotopic (exact) mass is 155 g/mol.